The summed E-state index contributed by atoms with van der Waals surface area (Å²) < 4.78 is 16.5. The Morgan fingerprint density at radius 3 is 2.58 bits per heavy atom. The molecule has 0 saturated heterocycles. The number of ether oxygens (including phenoxy) is 3. The molecule has 1 aliphatic rings. The van der Waals surface area contributed by atoms with Crippen LogP contribution in [0.25, 0.3) is 5.57 Å². The second-order valence-electron chi connectivity index (χ2n) is 8.29. The van der Waals surface area contributed by atoms with Crippen molar-refractivity contribution in [2.75, 3.05) is 24.7 Å². The van der Waals surface area contributed by atoms with Crippen molar-refractivity contribution < 1.29 is 23.8 Å². The van der Waals surface area contributed by atoms with E-state index in [1.807, 2.05) is 70.2 Å². The summed E-state index contributed by atoms with van der Waals surface area (Å²) in [6, 6.07) is 13.4. The van der Waals surface area contributed by atoms with Crippen LogP contribution in [0.2, 0.25) is 0 Å². The highest BCUT2D eigenvalue weighted by molar-refractivity contribution is 5.98. The lowest BCUT2D eigenvalue weighted by Crippen LogP contribution is -2.41. The van der Waals surface area contributed by atoms with E-state index in [4.69, 9.17) is 14.2 Å². The van der Waals surface area contributed by atoms with Gasteiger partial charge in [0.15, 0.2) is 0 Å². The monoisotopic (exact) mass is 423 g/mol. The van der Waals surface area contributed by atoms with Crippen LogP contribution in [-0.4, -0.2) is 37.4 Å². The Labute approximate surface area is 183 Å². The number of anilines is 1. The highest BCUT2D eigenvalue weighted by Crippen LogP contribution is 2.37. The Balaban J connectivity index is 2.02. The number of hydrogen-bond donors (Lipinski definition) is 0. The first-order valence-corrected chi connectivity index (χ1v) is 10.4. The van der Waals surface area contributed by atoms with Gasteiger partial charge in [0.25, 0.3) is 0 Å². The molecule has 0 N–H and O–H groups in total. The minimum Gasteiger partial charge on any atom is -0.490 e. The van der Waals surface area contributed by atoms with Crippen LogP contribution in [0.15, 0.2) is 48.5 Å². The lowest BCUT2D eigenvalue weighted by molar-refractivity contribution is -0.137. The zero-order chi connectivity index (χ0) is 22.6. The summed E-state index contributed by atoms with van der Waals surface area (Å²) in [5, 5.41) is 0. The van der Waals surface area contributed by atoms with Gasteiger partial charge in [-0.2, -0.15) is 0 Å². The third kappa shape index (κ3) is 5.45. The standard InChI is InChI=1S/C25H29NO5/c1-6-29-23(27)16-20(19-10-8-7-9-17(19)2)18-11-12-21-22(15-18)30-14-13-26(21)24(28)31-25(3,4)5/h7-12,15-16H,6,13-14H2,1-5H3/b20-16-. The molecule has 6 nitrogen and oxygen atoms in total. The molecule has 31 heavy (non-hydrogen) atoms. The number of amides is 1. The smallest absolute Gasteiger partial charge is 0.415 e. The molecule has 2 aromatic rings. The molecule has 0 spiro atoms. The van der Waals surface area contributed by atoms with Crippen molar-refractivity contribution in [3.05, 3.63) is 65.2 Å². The van der Waals surface area contributed by atoms with Gasteiger partial charge in [0.05, 0.1) is 18.8 Å². The molecule has 1 heterocycles. The molecule has 1 amide bonds. The fraction of sp³-hybridized carbons (Fsp3) is 0.360. The first-order valence-electron chi connectivity index (χ1n) is 10.4. The molecule has 0 bridgehead atoms. The second-order valence-corrected chi connectivity index (χ2v) is 8.29. The maximum Gasteiger partial charge on any atom is 0.415 e. The maximum absolute atomic E-state index is 12.7. The van der Waals surface area contributed by atoms with E-state index < -0.39 is 17.7 Å². The summed E-state index contributed by atoms with van der Waals surface area (Å²) in [6.45, 7) is 10.3. The Bertz CT molecular complexity index is 1000. The average molecular weight is 424 g/mol. The van der Waals surface area contributed by atoms with Crippen LogP contribution in [0.1, 0.15) is 44.4 Å². The molecule has 164 valence electrons. The molecule has 3 rings (SSSR count). The number of rotatable bonds is 4. The van der Waals surface area contributed by atoms with Crippen molar-refractivity contribution in [1.29, 1.82) is 0 Å². The molecule has 2 aromatic carbocycles. The van der Waals surface area contributed by atoms with E-state index in [0.29, 0.717) is 31.2 Å². The van der Waals surface area contributed by atoms with Gasteiger partial charge in [-0.1, -0.05) is 30.3 Å². The van der Waals surface area contributed by atoms with E-state index in [0.717, 1.165) is 22.3 Å². The Hall–Kier alpha value is -3.28. The van der Waals surface area contributed by atoms with Crippen molar-refractivity contribution in [1.82, 2.24) is 0 Å². The minimum atomic E-state index is -0.587. The fourth-order valence-corrected chi connectivity index (χ4v) is 3.39. The van der Waals surface area contributed by atoms with Gasteiger partial charge >= 0.3 is 12.1 Å². The normalized spacial score (nSPS) is 13.8. The van der Waals surface area contributed by atoms with Crippen molar-refractivity contribution >= 4 is 23.3 Å². The van der Waals surface area contributed by atoms with E-state index in [1.54, 1.807) is 11.8 Å². The molecule has 0 aromatic heterocycles. The number of aryl methyl sites for hydroxylation is 1. The predicted molar refractivity (Wildman–Crippen MR) is 120 cm³/mol. The van der Waals surface area contributed by atoms with Crippen LogP contribution in [0.4, 0.5) is 10.5 Å². The first kappa shape index (κ1) is 22.4. The lowest BCUT2D eigenvalue weighted by Gasteiger charge is -2.32. The van der Waals surface area contributed by atoms with Gasteiger partial charge in [0.1, 0.15) is 18.0 Å². The number of nitrogens with zero attached hydrogens (tertiary/aromatic N) is 1. The first-order chi connectivity index (χ1) is 14.7. The Morgan fingerprint density at radius 1 is 1.16 bits per heavy atom. The van der Waals surface area contributed by atoms with Crippen molar-refractivity contribution in [2.45, 2.75) is 40.2 Å². The van der Waals surface area contributed by atoms with Gasteiger partial charge in [0, 0.05) is 6.08 Å². The molecule has 0 radical (unpaired) electrons. The van der Waals surface area contributed by atoms with E-state index in [2.05, 4.69) is 0 Å². The van der Waals surface area contributed by atoms with Gasteiger partial charge in [0.2, 0.25) is 0 Å². The number of hydrogen-bond acceptors (Lipinski definition) is 5. The topological polar surface area (TPSA) is 65.1 Å². The molecule has 0 saturated carbocycles. The third-order valence-electron chi connectivity index (χ3n) is 4.73. The molecule has 0 atom stereocenters. The molecule has 0 fully saturated rings. The largest absolute Gasteiger partial charge is 0.490 e. The van der Waals surface area contributed by atoms with Crippen LogP contribution >= 0.6 is 0 Å². The highest BCUT2D eigenvalue weighted by Gasteiger charge is 2.28. The van der Waals surface area contributed by atoms with E-state index in [9.17, 15) is 9.59 Å². The number of carbonyl (C=O) groups is 2. The number of carbonyl (C=O) groups excluding carboxylic acids is 2. The summed E-state index contributed by atoms with van der Waals surface area (Å²) in [5.74, 6) is 0.160. The Kier molecular flexibility index (Phi) is 6.68. The summed E-state index contributed by atoms with van der Waals surface area (Å²) >= 11 is 0. The summed E-state index contributed by atoms with van der Waals surface area (Å²) in [4.78, 5) is 26.5. The molecule has 1 aliphatic heterocycles. The van der Waals surface area contributed by atoms with Crippen molar-refractivity contribution in [3.63, 3.8) is 0 Å². The number of esters is 1. The molecule has 0 aliphatic carbocycles. The molecule has 0 unspecified atom stereocenters. The quantitative estimate of drug-likeness (QED) is 0.504. The van der Waals surface area contributed by atoms with Crippen LogP contribution in [0.3, 0.4) is 0 Å². The van der Waals surface area contributed by atoms with Crippen LogP contribution in [0, 0.1) is 6.92 Å². The van der Waals surface area contributed by atoms with Gasteiger partial charge in [-0.25, -0.2) is 9.59 Å². The molecule has 6 heteroatoms. The number of benzene rings is 2. The Morgan fingerprint density at radius 2 is 1.90 bits per heavy atom. The third-order valence-corrected chi connectivity index (χ3v) is 4.73. The van der Waals surface area contributed by atoms with Crippen LogP contribution in [-0.2, 0) is 14.3 Å². The summed E-state index contributed by atoms with van der Waals surface area (Å²) in [5.41, 5.74) is 3.55. The minimum absolute atomic E-state index is 0.300. The maximum atomic E-state index is 12.7. The SMILES string of the molecule is CCOC(=O)/C=C(/c1ccc2c(c1)OCCN2C(=O)OC(C)(C)C)c1ccccc1C. The molecular weight excluding hydrogens is 394 g/mol. The lowest BCUT2D eigenvalue weighted by atomic mass is 9.93. The van der Waals surface area contributed by atoms with Crippen LogP contribution in [0.5, 0.6) is 5.75 Å². The van der Waals surface area contributed by atoms with E-state index in [-0.39, 0.29) is 0 Å². The van der Waals surface area contributed by atoms with Crippen molar-refractivity contribution in [3.8, 4) is 5.75 Å². The van der Waals surface area contributed by atoms with Gasteiger partial charge in [-0.05, 0) is 69.0 Å². The fourth-order valence-electron chi connectivity index (χ4n) is 3.39. The second kappa shape index (κ2) is 9.25. The summed E-state index contributed by atoms with van der Waals surface area (Å²) in [7, 11) is 0. The van der Waals surface area contributed by atoms with Gasteiger partial charge in [-0.3, -0.25) is 4.90 Å². The zero-order valence-corrected chi connectivity index (χ0v) is 18.7. The van der Waals surface area contributed by atoms with E-state index in [1.165, 1.54) is 6.08 Å². The zero-order valence-electron chi connectivity index (χ0n) is 18.7. The van der Waals surface area contributed by atoms with Crippen LogP contribution < -0.4 is 9.64 Å². The average Bonchev–Trinajstić information content (AvgIpc) is 2.71. The van der Waals surface area contributed by atoms with Gasteiger partial charge in [-0.15, -0.1) is 0 Å². The summed E-state index contributed by atoms with van der Waals surface area (Å²) in [6.07, 6.45) is 1.09. The van der Waals surface area contributed by atoms with Gasteiger partial charge < -0.3 is 14.2 Å². The predicted octanol–water partition coefficient (Wildman–Crippen LogP) is 5.12. The highest BCUT2D eigenvalue weighted by atomic mass is 16.6. The number of fused-ring (bicyclic) bond motifs is 1. The van der Waals surface area contributed by atoms with Crippen molar-refractivity contribution in [2.24, 2.45) is 0 Å². The van der Waals surface area contributed by atoms with E-state index >= 15 is 0 Å². The molecular formula is C25H29NO5.